The molecule has 0 fully saturated rings. The summed E-state index contributed by atoms with van der Waals surface area (Å²) in [6, 6.07) is 8.72. The summed E-state index contributed by atoms with van der Waals surface area (Å²) >= 11 is 1.80. The lowest BCUT2D eigenvalue weighted by Gasteiger charge is -2.39. The summed E-state index contributed by atoms with van der Waals surface area (Å²) in [5.74, 6) is 0. The van der Waals surface area contributed by atoms with E-state index in [-0.39, 0.29) is 5.54 Å². The molecule has 1 heterocycles. The first kappa shape index (κ1) is 14.4. The highest BCUT2D eigenvalue weighted by atomic mass is 32.1. The maximum atomic E-state index is 4.73. The van der Waals surface area contributed by atoms with Crippen LogP contribution in [0.1, 0.15) is 18.9 Å². The minimum absolute atomic E-state index is 0.0899. The number of nitrogens with one attached hydrogen (secondary N) is 1. The zero-order valence-electron chi connectivity index (χ0n) is 12.4. The van der Waals surface area contributed by atoms with E-state index in [4.69, 9.17) is 4.98 Å². The third kappa shape index (κ3) is 2.96. The van der Waals surface area contributed by atoms with Crippen LogP contribution < -0.4 is 5.32 Å². The van der Waals surface area contributed by atoms with E-state index in [0.717, 1.165) is 11.9 Å². The number of nitrogens with zero attached hydrogens (tertiary/aromatic N) is 2. The van der Waals surface area contributed by atoms with Crippen LogP contribution >= 0.6 is 11.3 Å². The first-order chi connectivity index (χ1) is 8.95. The Kier molecular flexibility index (Phi) is 4.23. The Morgan fingerprint density at radius 3 is 2.58 bits per heavy atom. The molecule has 0 saturated carbocycles. The molecule has 0 amide bonds. The number of thiazole rings is 1. The molecule has 1 aromatic heterocycles. The van der Waals surface area contributed by atoms with Crippen molar-refractivity contribution in [2.24, 2.45) is 0 Å². The molecular weight excluding hydrogens is 254 g/mol. The van der Waals surface area contributed by atoms with E-state index in [9.17, 15) is 0 Å². The predicted octanol–water partition coefficient (Wildman–Crippen LogP) is 2.77. The van der Waals surface area contributed by atoms with Crippen LogP contribution in [0.4, 0.5) is 0 Å². The number of hydrogen-bond donors (Lipinski definition) is 1. The summed E-state index contributed by atoms with van der Waals surface area (Å²) in [6.07, 6.45) is 0.959. The van der Waals surface area contributed by atoms with Crippen LogP contribution in [-0.2, 0) is 6.42 Å². The molecule has 1 N–H and O–H groups in total. The summed E-state index contributed by atoms with van der Waals surface area (Å²) in [5.41, 5.74) is 1.20. The molecule has 0 saturated heterocycles. The minimum Gasteiger partial charge on any atom is -0.315 e. The lowest BCUT2D eigenvalue weighted by molar-refractivity contribution is 0.141. The summed E-state index contributed by atoms with van der Waals surface area (Å²) in [5, 5.41) is 4.65. The van der Waals surface area contributed by atoms with Gasteiger partial charge in [0.05, 0.1) is 15.2 Å². The number of fused-ring (bicyclic) bond motifs is 1. The minimum atomic E-state index is 0.0899. The van der Waals surface area contributed by atoms with Crippen LogP contribution in [0.25, 0.3) is 10.2 Å². The maximum Gasteiger partial charge on any atom is 0.0954 e. The van der Waals surface area contributed by atoms with Gasteiger partial charge in [0.2, 0.25) is 0 Å². The quantitative estimate of drug-likeness (QED) is 0.911. The topological polar surface area (TPSA) is 28.2 Å². The zero-order valence-corrected chi connectivity index (χ0v) is 13.2. The smallest absolute Gasteiger partial charge is 0.0954 e. The number of aromatic nitrogens is 1. The van der Waals surface area contributed by atoms with Gasteiger partial charge in [-0.25, -0.2) is 4.98 Å². The fourth-order valence-electron chi connectivity index (χ4n) is 2.20. The number of benzene rings is 1. The van der Waals surface area contributed by atoms with Gasteiger partial charge in [-0.3, -0.25) is 0 Å². The van der Waals surface area contributed by atoms with Gasteiger partial charge < -0.3 is 10.2 Å². The molecule has 1 unspecified atom stereocenters. The van der Waals surface area contributed by atoms with Gasteiger partial charge >= 0.3 is 0 Å². The lowest BCUT2D eigenvalue weighted by Crippen LogP contribution is -2.55. The van der Waals surface area contributed by atoms with Gasteiger partial charge in [0.25, 0.3) is 0 Å². The fraction of sp³-hybridized carbons (Fsp3) is 0.533. The number of rotatable bonds is 5. The Labute approximate surface area is 119 Å². The predicted molar refractivity (Wildman–Crippen MR) is 83.9 cm³/mol. The highest BCUT2D eigenvalue weighted by molar-refractivity contribution is 7.18. The van der Waals surface area contributed by atoms with Crippen molar-refractivity contribution in [2.75, 3.05) is 21.1 Å². The Morgan fingerprint density at radius 2 is 2.00 bits per heavy atom. The molecule has 2 rings (SSSR count). The average Bonchev–Trinajstić information content (AvgIpc) is 2.77. The first-order valence-electron chi connectivity index (χ1n) is 6.64. The van der Waals surface area contributed by atoms with Crippen LogP contribution in [0, 0.1) is 0 Å². The molecule has 19 heavy (non-hydrogen) atoms. The van der Waals surface area contributed by atoms with Gasteiger partial charge in [-0.15, -0.1) is 11.3 Å². The molecule has 1 atom stereocenters. The molecule has 0 aliphatic rings. The molecule has 0 aliphatic heterocycles. The second-order valence-electron chi connectivity index (χ2n) is 5.67. The summed E-state index contributed by atoms with van der Waals surface area (Å²) < 4.78 is 1.27. The van der Waals surface area contributed by atoms with Gasteiger partial charge in [-0.2, -0.15) is 0 Å². The van der Waals surface area contributed by atoms with Crippen molar-refractivity contribution in [1.29, 1.82) is 0 Å². The Balaban J connectivity index is 2.23. The molecular formula is C15H23N3S. The first-order valence-corrected chi connectivity index (χ1v) is 7.46. The van der Waals surface area contributed by atoms with Crippen molar-refractivity contribution in [3.8, 4) is 0 Å². The average molecular weight is 277 g/mol. The lowest BCUT2D eigenvalue weighted by atomic mass is 9.91. The van der Waals surface area contributed by atoms with Gasteiger partial charge in [-0.1, -0.05) is 12.1 Å². The van der Waals surface area contributed by atoms with Crippen molar-refractivity contribution >= 4 is 21.6 Å². The van der Waals surface area contributed by atoms with Crippen LogP contribution in [0.5, 0.6) is 0 Å². The van der Waals surface area contributed by atoms with Gasteiger partial charge in [0.15, 0.2) is 0 Å². The Morgan fingerprint density at radius 1 is 1.32 bits per heavy atom. The normalized spacial score (nSPS) is 14.2. The van der Waals surface area contributed by atoms with E-state index >= 15 is 0 Å². The van der Waals surface area contributed by atoms with Crippen LogP contribution in [0.2, 0.25) is 0 Å². The van der Waals surface area contributed by atoms with Gasteiger partial charge in [0, 0.05) is 18.0 Å². The molecule has 2 aromatic rings. The molecule has 1 aromatic carbocycles. The van der Waals surface area contributed by atoms with E-state index in [1.165, 1.54) is 9.71 Å². The van der Waals surface area contributed by atoms with Crippen LogP contribution in [-0.4, -0.2) is 42.6 Å². The van der Waals surface area contributed by atoms with Gasteiger partial charge in [0.1, 0.15) is 0 Å². The van der Waals surface area contributed by atoms with E-state index in [2.05, 4.69) is 56.4 Å². The van der Waals surface area contributed by atoms with E-state index in [1.54, 1.807) is 11.3 Å². The zero-order chi connectivity index (χ0) is 14.0. The molecule has 4 heteroatoms. The van der Waals surface area contributed by atoms with Crippen molar-refractivity contribution in [1.82, 2.24) is 15.2 Å². The molecule has 104 valence electrons. The number of para-hydroxylation sites is 1. The van der Waals surface area contributed by atoms with Crippen molar-refractivity contribution < 1.29 is 0 Å². The van der Waals surface area contributed by atoms with E-state index in [1.807, 2.05) is 13.1 Å². The van der Waals surface area contributed by atoms with Crippen LogP contribution in [0.3, 0.4) is 0 Å². The second kappa shape index (κ2) is 5.57. The SMILES string of the molecule is CNC(Cc1nc2ccccc2s1)C(C)(C)N(C)C. The molecule has 0 aliphatic carbocycles. The second-order valence-corrected chi connectivity index (χ2v) is 6.78. The van der Waals surface area contributed by atoms with E-state index in [0.29, 0.717) is 6.04 Å². The number of likely N-dealkylation sites (N-methyl/N-ethyl adjacent to an activating group) is 2. The van der Waals surface area contributed by atoms with Crippen molar-refractivity contribution in [3.05, 3.63) is 29.3 Å². The highest BCUT2D eigenvalue weighted by Gasteiger charge is 2.31. The third-order valence-corrected chi connectivity index (χ3v) is 5.13. The maximum absolute atomic E-state index is 4.73. The highest BCUT2D eigenvalue weighted by Crippen LogP contribution is 2.25. The van der Waals surface area contributed by atoms with Crippen molar-refractivity contribution in [3.63, 3.8) is 0 Å². The van der Waals surface area contributed by atoms with Crippen LogP contribution in [0.15, 0.2) is 24.3 Å². The van der Waals surface area contributed by atoms with Gasteiger partial charge in [-0.05, 0) is 47.1 Å². The standard InChI is InChI=1S/C15H23N3S/c1-15(2,18(4)5)13(16-3)10-14-17-11-8-6-7-9-12(11)19-14/h6-9,13,16H,10H2,1-5H3. The molecule has 0 spiro atoms. The third-order valence-electron chi connectivity index (χ3n) is 4.07. The summed E-state index contributed by atoms with van der Waals surface area (Å²) in [7, 11) is 6.29. The Bertz CT molecular complexity index is 512. The fourth-order valence-corrected chi connectivity index (χ4v) is 3.21. The van der Waals surface area contributed by atoms with Crippen molar-refractivity contribution in [2.45, 2.75) is 31.8 Å². The van der Waals surface area contributed by atoms with E-state index < -0.39 is 0 Å². The Hall–Kier alpha value is -0.970. The number of hydrogen-bond acceptors (Lipinski definition) is 4. The summed E-state index contributed by atoms with van der Waals surface area (Å²) in [6.45, 7) is 4.53. The molecule has 0 bridgehead atoms. The molecule has 3 nitrogen and oxygen atoms in total. The summed E-state index contributed by atoms with van der Waals surface area (Å²) in [4.78, 5) is 7.00. The monoisotopic (exact) mass is 277 g/mol. The molecule has 0 radical (unpaired) electrons. The largest absolute Gasteiger partial charge is 0.315 e.